The van der Waals surface area contributed by atoms with E-state index in [1.54, 1.807) is 21.3 Å². The van der Waals surface area contributed by atoms with Crippen LogP contribution in [0.4, 0.5) is 14.5 Å². The summed E-state index contributed by atoms with van der Waals surface area (Å²) >= 11 is 1.16. The predicted octanol–water partition coefficient (Wildman–Crippen LogP) is 4.67. The van der Waals surface area contributed by atoms with Gasteiger partial charge in [-0.15, -0.1) is 10.2 Å². The molecular weight excluding hydrogens is 446 g/mol. The third-order valence-electron chi connectivity index (χ3n) is 5.19. The Morgan fingerprint density at radius 3 is 2.73 bits per heavy atom. The third kappa shape index (κ3) is 4.05. The Bertz CT molecular complexity index is 1530. The lowest BCUT2D eigenvalue weighted by atomic mass is 10.0. The summed E-state index contributed by atoms with van der Waals surface area (Å²) in [4.78, 5) is 12.2. The number of amides is 1. The monoisotopic (exact) mass is 464 g/mol. The number of anilines is 1. The second kappa shape index (κ2) is 8.28. The predicted molar refractivity (Wildman–Crippen MR) is 122 cm³/mol. The quantitative estimate of drug-likeness (QED) is 0.383. The van der Waals surface area contributed by atoms with Crippen molar-refractivity contribution in [1.29, 1.82) is 0 Å². The molecule has 0 atom stereocenters. The summed E-state index contributed by atoms with van der Waals surface area (Å²) < 4.78 is 30.3. The molecule has 2 aromatic carbocycles. The van der Waals surface area contributed by atoms with Crippen LogP contribution < -0.4 is 5.32 Å². The number of thioether (sulfide) groups is 1. The largest absolute Gasteiger partial charge is 0.323 e. The molecule has 1 N–H and O–H groups in total. The van der Waals surface area contributed by atoms with Crippen molar-refractivity contribution in [3.8, 4) is 11.3 Å². The molecule has 5 rings (SSSR count). The fourth-order valence-corrected chi connectivity index (χ4v) is 4.26. The fraction of sp³-hybridized carbons (Fsp3) is 0.130. The van der Waals surface area contributed by atoms with Crippen LogP contribution in [0.2, 0.25) is 0 Å². The number of hydrogen-bond donors (Lipinski definition) is 1. The van der Waals surface area contributed by atoms with E-state index in [2.05, 4.69) is 38.8 Å². The maximum Gasteiger partial charge on any atom is 0.234 e. The Kier molecular flexibility index (Phi) is 5.29. The van der Waals surface area contributed by atoms with E-state index >= 15 is 0 Å². The maximum atomic E-state index is 13.8. The van der Waals surface area contributed by atoms with Crippen LogP contribution in [0.1, 0.15) is 11.1 Å². The van der Waals surface area contributed by atoms with Crippen LogP contribution in [-0.4, -0.2) is 35.9 Å². The van der Waals surface area contributed by atoms with E-state index in [1.807, 2.05) is 19.9 Å². The van der Waals surface area contributed by atoms with Gasteiger partial charge in [0, 0.05) is 24.0 Å². The van der Waals surface area contributed by atoms with E-state index < -0.39 is 17.5 Å². The Morgan fingerprint density at radius 1 is 1.06 bits per heavy atom. The van der Waals surface area contributed by atoms with Crippen LogP contribution >= 0.6 is 11.8 Å². The standard InChI is InChI=1S/C23H18F2N6OS/c1-13-3-4-14(2)16(9-13)19-11-20-22-27-28-23(30(22)7-8-31(20)29-19)33-12-21(32)26-18-6-5-15(24)10-17(18)25/h3-11H,12H2,1-2H3,(H,26,32). The van der Waals surface area contributed by atoms with Gasteiger partial charge in [-0.05, 0) is 43.7 Å². The van der Waals surface area contributed by atoms with Crippen molar-refractivity contribution in [2.45, 2.75) is 19.0 Å². The van der Waals surface area contributed by atoms with Gasteiger partial charge >= 0.3 is 0 Å². The summed E-state index contributed by atoms with van der Waals surface area (Å²) in [5.41, 5.74) is 5.48. The van der Waals surface area contributed by atoms with Gasteiger partial charge in [0.05, 0.1) is 17.1 Å². The van der Waals surface area contributed by atoms with Gasteiger partial charge in [0.25, 0.3) is 0 Å². The minimum atomic E-state index is -0.830. The second-order valence-electron chi connectivity index (χ2n) is 7.61. The lowest BCUT2D eigenvalue weighted by Gasteiger charge is -2.06. The Labute approximate surface area is 191 Å². The van der Waals surface area contributed by atoms with E-state index in [0.29, 0.717) is 10.8 Å². The zero-order chi connectivity index (χ0) is 23.1. The van der Waals surface area contributed by atoms with Crippen molar-refractivity contribution in [1.82, 2.24) is 24.2 Å². The Morgan fingerprint density at radius 2 is 1.91 bits per heavy atom. The Hall–Kier alpha value is -3.79. The summed E-state index contributed by atoms with van der Waals surface area (Å²) in [6, 6.07) is 11.2. The summed E-state index contributed by atoms with van der Waals surface area (Å²) in [6.07, 6.45) is 3.58. The average molecular weight is 465 g/mol. The molecule has 1 amide bonds. The molecule has 0 fully saturated rings. The van der Waals surface area contributed by atoms with Crippen LogP contribution in [0.15, 0.2) is 60.0 Å². The number of fused-ring (bicyclic) bond motifs is 3. The fourth-order valence-electron chi connectivity index (χ4n) is 3.54. The molecule has 0 bridgehead atoms. The highest BCUT2D eigenvalue weighted by molar-refractivity contribution is 7.99. The normalized spacial score (nSPS) is 11.4. The summed E-state index contributed by atoms with van der Waals surface area (Å²) in [7, 11) is 0. The van der Waals surface area contributed by atoms with Crippen molar-refractivity contribution in [3.63, 3.8) is 0 Å². The maximum absolute atomic E-state index is 13.8. The van der Waals surface area contributed by atoms with Crippen LogP contribution in [0, 0.1) is 25.5 Å². The molecule has 7 nitrogen and oxygen atoms in total. The number of nitrogens with zero attached hydrogens (tertiary/aromatic N) is 5. The highest BCUT2D eigenvalue weighted by Crippen LogP contribution is 2.27. The molecule has 0 saturated carbocycles. The highest BCUT2D eigenvalue weighted by Gasteiger charge is 2.15. The summed E-state index contributed by atoms with van der Waals surface area (Å²) in [5, 5.41) is 16.1. The number of carbonyl (C=O) groups excluding carboxylic acids is 1. The number of hydrogen-bond acceptors (Lipinski definition) is 5. The van der Waals surface area contributed by atoms with Crippen molar-refractivity contribution >= 4 is 34.5 Å². The Balaban J connectivity index is 1.39. The van der Waals surface area contributed by atoms with Gasteiger partial charge in [0.1, 0.15) is 17.2 Å². The van der Waals surface area contributed by atoms with Gasteiger partial charge in [-0.3, -0.25) is 9.20 Å². The van der Waals surface area contributed by atoms with Gasteiger partial charge in [-0.2, -0.15) is 5.10 Å². The second-order valence-corrected chi connectivity index (χ2v) is 8.56. The SMILES string of the molecule is Cc1ccc(C)c(-c2cc3c4nnc(SCC(=O)Nc5ccc(F)cc5F)n4ccn3n2)c1. The molecule has 5 aromatic rings. The number of rotatable bonds is 5. The molecule has 3 heterocycles. The van der Waals surface area contributed by atoms with Gasteiger partial charge in [-0.1, -0.05) is 29.5 Å². The molecule has 10 heteroatoms. The molecule has 0 aliphatic carbocycles. The molecule has 0 unspecified atom stereocenters. The molecule has 3 aromatic heterocycles. The first-order chi connectivity index (χ1) is 15.9. The minimum Gasteiger partial charge on any atom is -0.323 e. The highest BCUT2D eigenvalue weighted by atomic mass is 32.2. The number of aryl methyl sites for hydroxylation is 2. The molecule has 0 saturated heterocycles. The first kappa shape index (κ1) is 21.1. The average Bonchev–Trinajstić information content (AvgIpc) is 3.39. The van der Waals surface area contributed by atoms with E-state index in [4.69, 9.17) is 0 Å². The van der Waals surface area contributed by atoms with E-state index in [0.717, 1.165) is 51.8 Å². The molecule has 166 valence electrons. The molecular formula is C23H18F2N6OS. The van der Waals surface area contributed by atoms with Crippen LogP contribution in [0.5, 0.6) is 0 Å². The number of nitrogens with one attached hydrogen (secondary N) is 1. The number of halogens is 2. The van der Waals surface area contributed by atoms with Crippen LogP contribution in [-0.2, 0) is 4.79 Å². The van der Waals surface area contributed by atoms with Gasteiger partial charge < -0.3 is 5.32 Å². The van der Waals surface area contributed by atoms with Crippen LogP contribution in [0.3, 0.4) is 0 Å². The van der Waals surface area contributed by atoms with Gasteiger partial charge in [0.15, 0.2) is 10.8 Å². The van der Waals surface area contributed by atoms with E-state index in [9.17, 15) is 13.6 Å². The lowest BCUT2D eigenvalue weighted by Crippen LogP contribution is -2.15. The van der Waals surface area contributed by atoms with Crippen molar-refractivity contribution in [3.05, 3.63) is 77.6 Å². The first-order valence-electron chi connectivity index (χ1n) is 10.1. The topological polar surface area (TPSA) is 76.6 Å². The molecule has 0 aliphatic rings. The summed E-state index contributed by atoms with van der Waals surface area (Å²) in [6.45, 7) is 4.09. The van der Waals surface area contributed by atoms with Crippen molar-refractivity contribution in [2.24, 2.45) is 0 Å². The van der Waals surface area contributed by atoms with E-state index in [-0.39, 0.29) is 11.4 Å². The van der Waals surface area contributed by atoms with Crippen molar-refractivity contribution < 1.29 is 13.6 Å². The smallest absolute Gasteiger partial charge is 0.234 e. The summed E-state index contributed by atoms with van der Waals surface area (Å²) in [5.74, 6) is -1.99. The number of aromatic nitrogens is 5. The first-order valence-corrected chi connectivity index (χ1v) is 11.1. The zero-order valence-electron chi connectivity index (χ0n) is 17.7. The van der Waals surface area contributed by atoms with Crippen molar-refractivity contribution in [2.75, 3.05) is 11.1 Å². The molecule has 33 heavy (non-hydrogen) atoms. The van der Waals surface area contributed by atoms with E-state index in [1.165, 1.54) is 6.07 Å². The third-order valence-corrected chi connectivity index (χ3v) is 6.14. The number of benzene rings is 2. The lowest BCUT2D eigenvalue weighted by molar-refractivity contribution is -0.113. The van der Waals surface area contributed by atoms with Gasteiger partial charge in [0.2, 0.25) is 5.91 Å². The van der Waals surface area contributed by atoms with Crippen LogP contribution in [0.25, 0.3) is 22.4 Å². The number of carbonyl (C=O) groups is 1. The molecule has 0 aliphatic heterocycles. The molecule has 0 spiro atoms. The molecule has 0 radical (unpaired) electrons. The van der Waals surface area contributed by atoms with Gasteiger partial charge in [-0.25, -0.2) is 13.3 Å². The minimum absolute atomic E-state index is 0.0181. The zero-order valence-corrected chi connectivity index (χ0v) is 18.5.